The molecule has 0 atom stereocenters. The van der Waals surface area contributed by atoms with Crippen molar-refractivity contribution in [2.75, 3.05) is 5.32 Å². The predicted molar refractivity (Wildman–Crippen MR) is 154 cm³/mol. The molecule has 0 bridgehead atoms. The van der Waals surface area contributed by atoms with E-state index in [2.05, 4.69) is 134 Å². The molecular formula is C25H15I3NO2S+. The van der Waals surface area contributed by atoms with Crippen LogP contribution in [0.1, 0.15) is 10.4 Å². The highest BCUT2D eigenvalue weighted by Crippen LogP contribution is 2.44. The van der Waals surface area contributed by atoms with Gasteiger partial charge >= 0.3 is 5.97 Å². The monoisotopic (exact) mass is 774 g/mol. The minimum absolute atomic E-state index is 0.232. The summed E-state index contributed by atoms with van der Waals surface area (Å²) in [5, 5.41) is 3.55. The van der Waals surface area contributed by atoms with Gasteiger partial charge in [0.15, 0.2) is 14.7 Å². The van der Waals surface area contributed by atoms with Crippen LogP contribution in [0, 0.1) is 10.7 Å². The molecule has 1 N–H and O–H groups in total. The zero-order chi connectivity index (χ0) is 22.2. The van der Waals surface area contributed by atoms with Crippen LogP contribution in [0.4, 0.5) is 11.4 Å². The largest absolute Gasteiger partial charge is 0.423 e. The van der Waals surface area contributed by atoms with E-state index in [9.17, 15) is 4.79 Å². The van der Waals surface area contributed by atoms with E-state index in [1.165, 1.54) is 14.7 Å². The van der Waals surface area contributed by atoms with E-state index < -0.39 is 0 Å². The molecule has 0 saturated carbocycles. The van der Waals surface area contributed by atoms with Gasteiger partial charge in [0, 0.05) is 10.7 Å². The minimum Gasteiger partial charge on any atom is -0.423 e. The first-order chi connectivity index (χ1) is 15.5. The van der Waals surface area contributed by atoms with Crippen LogP contribution in [-0.2, 0) is 10.9 Å². The number of hydrogen-bond acceptors (Lipinski definition) is 3. The van der Waals surface area contributed by atoms with Gasteiger partial charge in [-0.2, -0.15) is 0 Å². The van der Waals surface area contributed by atoms with E-state index >= 15 is 0 Å². The fourth-order valence-corrected chi connectivity index (χ4v) is 8.12. The van der Waals surface area contributed by atoms with Crippen LogP contribution in [-0.4, -0.2) is 5.97 Å². The van der Waals surface area contributed by atoms with Crippen molar-refractivity contribution in [1.29, 1.82) is 0 Å². The van der Waals surface area contributed by atoms with Gasteiger partial charge in [-0.05, 0) is 128 Å². The molecule has 1 aliphatic rings. The molecular weight excluding hydrogens is 759 g/mol. The summed E-state index contributed by atoms with van der Waals surface area (Å²) in [6, 6.07) is 28.7. The number of esters is 1. The highest BCUT2D eigenvalue weighted by atomic mass is 127. The Bertz CT molecular complexity index is 1300. The predicted octanol–water partition coefficient (Wildman–Crippen LogP) is 7.87. The van der Waals surface area contributed by atoms with E-state index in [1.807, 2.05) is 24.3 Å². The van der Waals surface area contributed by atoms with Crippen molar-refractivity contribution in [2.45, 2.75) is 14.7 Å². The molecule has 7 heteroatoms. The molecule has 0 saturated heterocycles. The quantitative estimate of drug-likeness (QED) is 0.0668. The van der Waals surface area contributed by atoms with Crippen LogP contribution in [0.3, 0.4) is 0 Å². The molecule has 0 radical (unpaired) electrons. The molecule has 3 nitrogen and oxygen atoms in total. The highest BCUT2D eigenvalue weighted by molar-refractivity contribution is 14.1. The molecule has 0 spiro atoms. The van der Waals surface area contributed by atoms with Gasteiger partial charge in [-0.25, -0.2) is 4.79 Å². The average molecular weight is 774 g/mol. The lowest BCUT2D eigenvalue weighted by Gasteiger charge is -2.20. The summed E-state index contributed by atoms with van der Waals surface area (Å²) in [6.45, 7) is 0. The van der Waals surface area contributed by atoms with Crippen LogP contribution >= 0.6 is 67.8 Å². The Morgan fingerprint density at radius 2 is 1.28 bits per heavy atom. The van der Waals surface area contributed by atoms with Crippen LogP contribution in [0.5, 0.6) is 5.75 Å². The second kappa shape index (κ2) is 9.51. The molecule has 1 aliphatic heterocycles. The number of carbonyl (C=O) groups excluding carboxylic acids is 1. The number of fused-ring (bicyclic) bond motifs is 2. The van der Waals surface area contributed by atoms with Crippen LogP contribution in [0.15, 0.2) is 99.6 Å². The number of rotatable bonds is 3. The summed E-state index contributed by atoms with van der Waals surface area (Å²) in [7, 11) is -0.232. The number of para-hydroxylation sites is 2. The summed E-state index contributed by atoms with van der Waals surface area (Å²) in [5.41, 5.74) is 2.88. The topological polar surface area (TPSA) is 38.3 Å². The number of benzene rings is 4. The molecule has 1 heterocycles. The maximum absolute atomic E-state index is 12.9. The molecule has 5 rings (SSSR count). The van der Waals surface area contributed by atoms with Crippen molar-refractivity contribution in [3.05, 3.63) is 101 Å². The number of anilines is 2. The molecule has 158 valence electrons. The third-order valence-corrected chi connectivity index (χ3v) is 11.3. The zero-order valence-corrected chi connectivity index (χ0v) is 23.7. The first kappa shape index (κ1) is 22.5. The van der Waals surface area contributed by atoms with Gasteiger partial charge in [0.1, 0.15) is 16.6 Å². The highest BCUT2D eigenvalue weighted by Gasteiger charge is 2.37. The number of nitrogens with one attached hydrogen (secondary N) is 1. The Morgan fingerprint density at radius 1 is 0.719 bits per heavy atom. The van der Waals surface area contributed by atoms with Gasteiger partial charge in [0.2, 0.25) is 0 Å². The third-order valence-electron chi connectivity index (χ3n) is 5.00. The minimum atomic E-state index is -0.329. The maximum Gasteiger partial charge on any atom is 0.345 e. The van der Waals surface area contributed by atoms with Crippen molar-refractivity contribution >= 4 is 96.0 Å². The van der Waals surface area contributed by atoms with Crippen LogP contribution in [0.25, 0.3) is 0 Å². The van der Waals surface area contributed by atoms with Crippen LogP contribution < -0.4 is 10.1 Å². The molecule has 0 unspecified atom stereocenters. The lowest BCUT2D eigenvalue weighted by Crippen LogP contribution is -2.15. The van der Waals surface area contributed by atoms with Gasteiger partial charge in [-0.3, -0.25) is 0 Å². The Hall–Kier alpha value is -1.31. The summed E-state index contributed by atoms with van der Waals surface area (Å²) < 4.78 is 8.58. The van der Waals surface area contributed by atoms with Gasteiger partial charge in [-0.1, -0.05) is 24.3 Å². The Kier molecular flexibility index (Phi) is 6.68. The van der Waals surface area contributed by atoms with Crippen molar-refractivity contribution in [1.82, 2.24) is 0 Å². The first-order valence-corrected chi connectivity index (χ1v) is 14.1. The number of halogens is 3. The smallest absolute Gasteiger partial charge is 0.345 e. The van der Waals surface area contributed by atoms with Gasteiger partial charge < -0.3 is 10.1 Å². The van der Waals surface area contributed by atoms with Crippen molar-refractivity contribution in [3.63, 3.8) is 0 Å². The molecule has 0 fully saturated rings. The number of carbonyl (C=O) groups is 1. The third kappa shape index (κ3) is 4.28. The van der Waals surface area contributed by atoms with E-state index in [1.54, 1.807) is 0 Å². The summed E-state index contributed by atoms with van der Waals surface area (Å²) in [4.78, 5) is 16.6. The van der Waals surface area contributed by atoms with Crippen molar-refractivity contribution in [3.8, 4) is 5.75 Å². The molecule has 0 amide bonds. The molecule has 4 aromatic carbocycles. The SMILES string of the molecule is O=C(Oc1ccc([S+]2c3ccccc3Nc3ccccc32)cc1)c1c(I)ccc(I)c1I. The van der Waals surface area contributed by atoms with E-state index in [0.717, 1.165) is 22.1 Å². The molecule has 0 aromatic heterocycles. The molecule has 0 aliphatic carbocycles. The normalized spacial score (nSPS) is 12.5. The van der Waals surface area contributed by atoms with Crippen molar-refractivity contribution in [2.24, 2.45) is 0 Å². The number of hydrogen-bond donors (Lipinski definition) is 1. The standard InChI is InChI=1S/C25H15I3NO2S/c26-17-13-14-18(27)24(28)23(17)25(30)31-15-9-11-16(12-10-15)32-21-7-3-1-5-19(21)29-20-6-2-4-8-22(20)32/h1-14,29H/q+1. The Balaban J connectivity index is 1.47. The van der Waals surface area contributed by atoms with Gasteiger partial charge in [-0.15, -0.1) is 0 Å². The lowest BCUT2D eigenvalue weighted by atomic mass is 10.2. The fraction of sp³-hybridized carbons (Fsp3) is 0. The van der Waals surface area contributed by atoms with Crippen molar-refractivity contribution < 1.29 is 9.53 Å². The van der Waals surface area contributed by atoms with E-state index in [0.29, 0.717) is 11.3 Å². The second-order valence-corrected chi connectivity index (χ2v) is 12.4. The fourth-order valence-electron chi connectivity index (χ4n) is 3.53. The molecule has 4 aromatic rings. The Morgan fingerprint density at radius 3 is 1.91 bits per heavy atom. The lowest BCUT2D eigenvalue weighted by molar-refractivity contribution is 0.0732. The number of ether oxygens (including phenoxy) is 1. The summed E-state index contributed by atoms with van der Waals surface area (Å²) in [5.74, 6) is 0.217. The summed E-state index contributed by atoms with van der Waals surface area (Å²) in [6.07, 6.45) is 0. The second-order valence-electron chi connectivity index (χ2n) is 7.00. The maximum atomic E-state index is 12.9. The summed E-state index contributed by atoms with van der Waals surface area (Å²) >= 11 is 6.63. The van der Waals surface area contributed by atoms with Gasteiger partial charge in [0.05, 0.1) is 16.9 Å². The van der Waals surface area contributed by atoms with Gasteiger partial charge in [0.25, 0.3) is 0 Å². The first-order valence-electron chi connectivity index (χ1n) is 9.68. The van der Waals surface area contributed by atoms with E-state index in [-0.39, 0.29) is 16.9 Å². The van der Waals surface area contributed by atoms with Crippen LogP contribution in [0.2, 0.25) is 0 Å². The Labute approximate surface area is 230 Å². The average Bonchev–Trinajstić information content (AvgIpc) is 2.81. The zero-order valence-electron chi connectivity index (χ0n) is 16.4. The molecule has 32 heavy (non-hydrogen) atoms. The van der Waals surface area contributed by atoms with E-state index in [4.69, 9.17) is 4.74 Å².